The lowest BCUT2D eigenvalue weighted by atomic mass is 10.0. The van der Waals surface area contributed by atoms with Gasteiger partial charge in [0.2, 0.25) is 0 Å². The van der Waals surface area contributed by atoms with Crippen LogP contribution in [-0.4, -0.2) is 67.4 Å². The Morgan fingerprint density at radius 3 is 2.75 bits per heavy atom. The Morgan fingerprint density at radius 1 is 1.35 bits per heavy atom. The monoisotopic (exact) mass is 288 g/mol. The molecule has 1 aliphatic heterocycles. The molecule has 1 heterocycles. The molecule has 8 nitrogen and oxygen atoms in total. The van der Waals surface area contributed by atoms with Crippen molar-refractivity contribution in [3.63, 3.8) is 0 Å². The van der Waals surface area contributed by atoms with E-state index in [-0.39, 0.29) is 19.2 Å². The van der Waals surface area contributed by atoms with E-state index in [0.29, 0.717) is 13.0 Å². The van der Waals surface area contributed by atoms with Gasteiger partial charge in [-0.05, 0) is 19.3 Å². The van der Waals surface area contributed by atoms with Crippen LogP contribution in [0.3, 0.4) is 0 Å². The minimum absolute atomic E-state index is 0.106. The van der Waals surface area contributed by atoms with Crippen LogP contribution in [0.25, 0.3) is 0 Å². The number of carbonyl (C=O) groups excluding carboxylic acids is 2. The van der Waals surface area contributed by atoms with Crippen LogP contribution in [0, 0.1) is 0 Å². The van der Waals surface area contributed by atoms with Gasteiger partial charge in [-0.3, -0.25) is 0 Å². The van der Waals surface area contributed by atoms with Gasteiger partial charge in [-0.25, -0.2) is 14.4 Å². The third-order valence-corrected chi connectivity index (χ3v) is 2.99. The Morgan fingerprint density at radius 2 is 2.10 bits per heavy atom. The maximum atomic E-state index is 12.0. The Hall–Kier alpha value is -1.83. The summed E-state index contributed by atoms with van der Waals surface area (Å²) >= 11 is 0. The summed E-state index contributed by atoms with van der Waals surface area (Å²) in [7, 11) is 1.30. The molecule has 1 aliphatic rings. The summed E-state index contributed by atoms with van der Waals surface area (Å²) in [4.78, 5) is 35.2. The molecule has 0 saturated carbocycles. The number of nitrogens with zero attached hydrogens (tertiary/aromatic N) is 1. The number of rotatable bonds is 6. The second-order valence-electron chi connectivity index (χ2n) is 4.41. The SMILES string of the molecule is COC(=O)C1CCCCN1C(=O)NCCOCC(=O)O. The second kappa shape index (κ2) is 8.36. The molecule has 0 aromatic rings. The molecule has 1 unspecified atom stereocenters. The lowest BCUT2D eigenvalue weighted by molar-refractivity contribution is -0.147. The normalized spacial score (nSPS) is 18.4. The van der Waals surface area contributed by atoms with Crippen molar-refractivity contribution in [2.24, 2.45) is 0 Å². The van der Waals surface area contributed by atoms with E-state index in [2.05, 4.69) is 10.1 Å². The van der Waals surface area contributed by atoms with Crippen LogP contribution >= 0.6 is 0 Å². The van der Waals surface area contributed by atoms with Crippen LogP contribution in [0.2, 0.25) is 0 Å². The van der Waals surface area contributed by atoms with Gasteiger partial charge < -0.3 is 24.8 Å². The first-order valence-electron chi connectivity index (χ1n) is 6.48. The number of amides is 2. The molecule has 8 heteroatoms. The largest absolute Gasteiger partial charge is 0.480 e. The second-order valence-corrected chi connectivity index (χ2v) is 4.41. The maximum absolute atomic E-state index is 12.0. The molecule has 1 saturated heterocycles. The summed E-state index contributed by atoms with van der Waals surface area (Å²) in [6, 6.07) is -0.910. The average molecular weight is 288 g/mol. The van der Waals surface area contributed by atoms with E-state index < -0.39 is 24.6 Å². The van der Waals surface area contributed by atoms with Crippen molar-refractivity contribution in [3.8, 4) is 0 Å². The molecule has 0 aromatic heterocycles. The van der Waals surface area contributed by atoms with Gasteiger partial charge in [-0.2, -0.15) is 0 Å². The molecule has 0 spiro atoms. The molecule has 20 heavy (non-hydrogen) atoms. The Kier molecular flexibility index (Phi) is 6.78. The predicted molar refractivity (Wildman–Crippen MR) is 68.2 cm³/mol. The van der Waals surface area contributed by atoms with Gasteiger partial charge in [-0.15, -0.1) is 0 Å². The number of urea groups is 1. The number of carbonyl (C=O) groups is 3. The number of carboxylic acids is 1. The van der Waals surface area contributed by atoms with Crippen LogP contribution in [0.15, 0.2) is 0 Å². The molecular weight excluding hydrogens is 268 g/mol. The van der Waals surface area contributed by atoms with Crippen LogP contribution in [-0.2, 0) is 19.1 Å². The van der Waals surface area contributed by atoms with Crippen molar-refractivity contribution in [3.05, 3.63) is 0 Å². The lowest BCUT2D eigenvalue weighted by Gasteiger charge is -2.33. The fraction of sp³-hybridized carbons (Fsp3) is 0.750. The molecule has 1 atom stereocenters. The van der Waals surface area contributed by atoms with Gasteiger partial charge in [0, 0.05) is 13.1 Å². The van der Waals surface area contributed by atoms with E-state index >= 15 is 0 Å². The Bertz CT molecular complexity index is 360. The first-order chi connectivity index (χ1) is 9.56. The molecule has 114 valence electrons. The summed E-state index contributed by atoms with van der Waals surface area (Å²) < 4.78 is 9.49. The zero-order valence-electron chi connectivity index (χ0n) is 11.5. The summed E-state index contributed by atoms with van der Waals surface area (Å²) in [5.41, 5.74) is 0. The summed E-state index contributed by atoms with van der Waals surface area (Å²) in [5, 5.41) is 11.0. The average Bonchev–Trinajstić information content (AvgIpc) is 2.45. The highest BCUT2D eigenvalue weighted by Crippen LogP contribution is 2.17. The molecule has 2 N–H and O–H groups in total. The number of hydrogen-bond donors (Lipinski definition) is 2. The summed E-state index contributed by atoms with van der Waals surface area (Å²) in [5.74, 6) is -1.47. The van der Waals surface area contributed by atoms with Crippen molar-refractivity contribution in [2.45, 2.75) is 25.3 Å². The Balaban J connectivity index is 2.36. The van der Waals surface area contributed by atoms with Crippen molar-refractivity contribution in [1.29, 1.82) is 0 Å². The topological polar surface area (TPSA) is 105 Å². The number of likely N-dealkylation sites (tertiary alicyclic amines) is 1. The first kappa shape index (κ1) is 16.2. The fourth-order valence-electron chi connectivity index (χ4n) is 2.05. The van der Waals surface area contributed by atoms with Crippen molar-refractivity contribution in [1.82, 2.24) is 10.2 Å². The fourth-order valence-corrected chi connectivity index (χ4v) is 2.05. The molecule has 1 fully saturated rings. The Labute approximate surface area is 117 Å². The molecule has 2 amide bonds. The minimum Gasteiger partial charge on any atom is -0.480 e. The van der Waals surface area contributed by atoms with E-state index in [9.17, 15) is 14.4 Å². The van der Waals surface area contributed by atoms with Crippen LogP contribution < -0.4 is 5.32 Å². The van der Waals surface area contributed by atoms with Gasteiger partial charge in [-0.1, -0.05) is 0 Å². The first-order valence-corrected chi connectivity index (χ1v) is 6.48. The molecule has 0 aromatic carbocycles. The van der Waals surface area contributed by atoms with Crippen molar-refractivity contribution < 1.29 is 29.0 Å². The summed E-state index contributed by atoms with van der Waals surface area (Å²) in [6.07, 6.45) is 2.32. The highest BCUT2D eigenvalue weighted by Gasteiger charge is 2.32. The van der Waals surface area contributed by atoms with E-state index in [1.807, 2.05) is 0 Å². The van der Waals surface area contributed by atoms with Crippen LogP contribution in [0.1, 0.15) is 19.3 Å². The molecule has 0 bridgehead atoms. The number of ether oxygens (including phenoxy) is 2. The molecular formula is C12H20N2O6. The van der Waals surface area contributed by atoms with Gasteiger partial charge >= 0.3 is 18.0 Å². The van der Waals surface area contributed by atoms with Gasteiger partial charge in [0.05, 0.1) is 13.7 Å². The van der Waals surface area contributed by atoms with E-state index in [1.54, 1.807) is 0 Å². The molecule has 0 aliphatic carbocycles. The standard InChI is InChI=1S/C12H20N2O6/c1-19-11(17)9-4-2-3-6-14(9)12(18)13-5-7-20-8-10(15)16/h9H,2-8H2,1H3,(H,13,18)(H,15,16). The quantitative estimate of drug-likeness (QED) is 0.519. The smallest absolute Gasteiger partial charge is 0.329 e. The minimum atomic E-state index is -1.06. The summed E-state index contributed by atoms with van der Waals surface area (Å²) in [6.45, 7) is 0.400. The van der Waals surface area contributed by atoms with Crippen molar-refractivity contribution in [2.75, 3.05) is 33.4 Å². The van der Waals surface area contributed by atoms with Crippen LogP contribution in [0.5, 0.6) is 0 Å². The lowest BCUT2D eigenvalue weighted by Crippen LogP contribution is -2.52. The predicted octanol–water partition coefficient (Wildman–Crippen LogP) is -0.175. The maximum Gasteiger partial charge on any atom is 0.329 e. The number of piperidine rings is 1. The number of carboxylic acid groups (broad SMARTS) is 1. The van der Waals surface area contributed by atoms with Crippen LogP contribution in [0.4, 0.5) is 4.79 Å². The number of nitrogens with one attached hydrogen (secondary N) is 1. The number of methoxy groups -OCH3 is 1. The van der Waals surface area contributed by atoms with Gasteiger partial charge in [0.15, 0.2) is 0 Å². The van der Waals surface area contributed by atoms with E-state index in [1.165, 1.54) is 12.0 Å². The number of hydrogen-bond acceptors (Lipinski definition) is 5. The van der Waals surface area contributed by atoms with Gasteiger partial charge in [0.25, 0.3) is 0 Å². The third-order valence-electron chi connectivity index (χ3n) is 2.99. The van der Waals surface area contributed by atoms with Crippen molar-refractivity contribution >= 4 is 18.0 Å². The van der Waals surface area contributed by atoms with E-state index in [0.717, 1.165) is 12.8 Å². The highest BCUT2D eigenvalue weighted by molar-refractivity contribution is 5.83. The molecule has 1 rings (SSSR count). The zero-order chi connectivity index (χ0) is 15.0. The molecule has 0 radical (unpaired) electrons. The highest BCUT2D eigenvalue weighted by atomic mass is 16.5. The zero-order valence-corrected chi connectivity index (χ0v) is 11.5. The van der Waals surface area contributed by atoms with E-state index in [4.69, 9.17) is 9.84 Å². The van der Waals surface area contributed by atoms with Gasteiger partial charge in [0.1, 0.15) is 12.6 Å². The number of esters is 1. The third kappa shape index (κ3) is 5.04. The number of aliphatic carboxylic acids is 1.